The third kappa shape index (κ3) is 2.64. The lowest BCUT2D eigenvalue weighted by atomic mass is 10.1. The number of aromatic nitrogens is 3. The molecule has 0 saturated heterocycles. The Balaban J connectivity index is 1.67. The van der Waals surface area contributed by atoms with Gasteiger partial charge in [0.2, 0.25) is 5.95 Å². The Bertz CT molecular complexity index is 730. The molecule has 3 rings (SSSR count). The minimum absolute atomic E-state index is 0.687. The zero-order chi connectivity index (χ0) is 13.9. The number of fused-ring (bicyclic) bond motifs is 1. The van der Waals surface area contributed by atoms with Crippen LogP contribution in [0.2, 0.25) is 0 Å². The van der Waals surface area contributed by atoms with Crippen molar-refractivity contribution in [2.45, 2.75) is 20.3 Å². The highest BCUT2D eigenvalue weighted by Gasteiger charge is 2.04. The van der Waals surface area contributed by atoms with Gasteiger partial charge in [0.15, 0.2) is 5.65 Å². The molecule has 4 heteroatoms. The first-order chi connectivity index (χ1) is 9.72. The molecule has 0 saturated carbocycles. The fraction of sp³-hybridized carbons (Fsp3) is 0.250. The molecule has 0 spiro atoms. The first kappa shape index (κ1) is 12.7. The van der Waals surface area contributed by atoms with Crippen LogP contribution in [0.25, 0.3) is 5.65 Å². The minimum Gasteiger partial charge on any atom is -0.353 e. The van der Waals surface area contributed by atoms with Gasteiger partial charge in [-0.3, -0.25) is 0 Å². The second kappa shape index (κ2) is 5.33. The Morgan fingerprint density at radius 2 is 2.05 bits per heavy atom. The van der Waals surface area contributed by atoms with Crippen LogP contribution in [0.4, 0.5) is 5.95 Å². The lowest BCUT2D eigenvalue weighted by Gasteiger charge is -2.03. The maximum atomic E-state index is 4.50. The maximum Gasteiger partial charge on any atom is 0.243 e. The normalized spacial score (nSPS) is 10.9. The Hall–Kier alpha value is -2.36. The fourth-order valence-electron chi connectivity index (χ4n) is 2.30. The molecule has 1 aromatic carbocycles. The lowest BCUT2D eigenvalue weighted by Crippen LogP contribution is -2.06. The van der Waals surface area contributed by atoms with Crippen molar-refractivity contribution in [2.24, 2.45) is 0 Å². The number of aryl methyl sites for hydroxylation is 2. The predicted molar refractivity (Wildman–Crippen MR) is 81.1 cm³/mol. The van der Waals surface area contributed by atoms with Crippen LogP contribution in [0.3, 0.4) is 0 Å². The van der Waals surface area contributed by atoms with Gasteiger partial charge in [0.05, 0.1) is 0 Å². The van der Waals surface area contributed by atoms with Gasteiger partial charge < -0.3 is 5.32 Å². The Kier molecular flexibility index (Phi) is 3.37. The molecule has 0 amide bonds. The van der Waals surface area contributed by atoms with Crippen molar-refractivity contribution in [3.05, 3.63) is 59.3 Å². The van der Waals surface area contributed by atoms with E-state index in [-0.39, 0.29) is 0 Å². The van der Waals surface area contributed by atoms with Gasteiger partial charge in [-0.2, -0.15) is 4.98 Å². The maximum absolute atomic E-state index is 4.50. The smallest absolute Gasteiger partial charge is 0.243 e. The van der Waals surface area contributed by atoms with Gasteiger partial charge in [0.25, 0.3) is 0 Å². The molecular weight excluding hydrogens is 248 g/mol. The number of pyridine rings is 1. The molecule has 102 valence electrons. The third-order valence-electron chi connectivity index (χ3n) is 3.34. The van der Waals surface area contributed by atoms with Crippen molar-refractivity contribution >= 4 is 11.6 Å². The van der Waals surface area contributed by atoms with E-state index in [1.807, 2.05) is 29.8 Å². The van der Waals surface area contributed by atoms with Gasteiger partial charge in [-0.15, -0.1) is 5.10 Å². The van der Waals surface area contributed by atoms with Crippen molar-refractivity contribution in [3.63, 3.8) is 0 Å². The minimum atomic E-state index is 0.687. The van der Waals surface area contributed by atoms with E-state index in [0.29, 0.717) is 5.95 Å². The Morgan fingerprint density at radius 3 is 2.85 bits per heavy atom. The standard InChI is InChI=1S/C16H18N4/c1-12-5-3-7-14(11-12)8-9-17-16-18-15-13(2)6-4-10-20(15)19-16/h3-7,10-11H,8-9H2,1-2H3,(H,17,19). The molecule has 1 N–H and O–H groups in total. The van der Waals surface area contributed by atoms with Crippen molar-refractivity contribution < 1.29 is 0 Å². The molecule has 0 bridgehead atoms. The average molecular weight is 266 g/mol. The summed E-state index contributed by atoms with van der Waals surface area (Å²) in [6.45, 7) is 4.99. The summed E-state index contributed by atoms with van der Waals surface area (Å²) in [7, 11) is 0. The molecule has 3 aromatic rings. The van der Waals surface area contributed by atoms with E-state index in [2.05, 4.69) is 46.6 Å². The van der Waals surface area contributed by atoms with Crippen molar-refractivity contribution in [2.75, 3.05) is 11.9 Å². The van der Waals surface area contributed by atoms with Crippen LogP contribution in [-0.4, -0.2) is 21.1 Å². The van der Waals surface area contributed by atoms with E-state index < -0.39 is 0 Å². The highest BCUT2D eigenvalue weighted by molar-refractivity contribution is 5.49. The molecule has 4 nitrogen and oxygen atoms in total. The third-order valence-corrected chi connectivity index (χ3v) is 3.34. The van der Waals surface area contributed by atoms with Crippen LogP contribution < -0.4 is 5.32 Å². The molecule has 2 aromatic heterocycles. The van der Waals surface area contributed by atoms with Gasteiger partial charge in [0, 0.05) is 12.7 Å². The Morgan fingerprint density at radius 1 is 1.15 bits per heavy atom. The van der Waals surface area contributed by atoms with Gasteiger partial charge >= 0.3 is 0 Å². The SMILES string of the molecule is Cc1cccc(CCNc2nc3c(C)cccn3n2)c1. The molecule has 0 unspecified atom stereocenters. The largest absolute Gasteiger partial charge is 0.353 e. The quantitative estimate of drug-likeness (QED) is 0.789. The second-order valence-corrected chi connectivity index (χ2v) is 5.06. The van der Waals surface area contributed by atoms with Crippen LogP contribution in [0.1, 0.15) is 16.7 Å². The van der Waals surface area contributed by atoms with E-state index in [9.17, 15) is 0 Å². The number of hydrogen-bond acceptors (Lipinski definition) is 3. The number of nitrogens with zero attached hydrogens (tertiary/aromatic N) is 3. The fourth-order valence-corrected chi connectivity index (χ4v) is 2.30. The molecular formula is C16H18N4. The first-order valence-electron chi connectivity index (χ1n) is 6.84. The summed E-state index contributed by atoms with van der Waals surface area (Å²) in [5, 5.41) is 7.70. The molecule has 0 radical (unpaired) electrons. The van der Waals surface area contributed by atoms with Crippen LogP contribution in [0, 0.1) is 13.8 Å². The van der Waals surface area contributed by atoms with Gasteiger partial charge in [-0.25, -0.2) is 4.52 Å². The van der Waals surface area contributed by atoms with Crippen LogP contribution in [0.5, 0.6) is 0 Å². The van der Waals surface area contributed by atoms with E-state index in [4.69, 9.17) is 0 Å². The predicted octanol–water partition coefficient (Wildman–Crippen LogP) is 3.00. The topological polar surface area (TPSA) is 42.2 Å². The average Bonchev–Trinajstić information content (AvgIpc) is 2.83. The van der Waals surface area contributed by atoms with Crippen molar-refractivity contribution in [3.8, 4) is 0 Å². The summed E-state index contributed by atoms with van der Waals surface area (Å²) < 4.78 is 1.81. The summed E-state index contributed by atoms with van der Waals surface area (Å²) in [5.74, 6) is 0.687. The first-order valence-corrected chi connectivity index (χ1v) is 6.84. The van der Waals surface area contributed by atoms with E-state index in [1.165, 1.54) is 11.1 Å². The van der Waals surface area contributed by atoms with Gasteiger partial charge in [-0.05, 0) is 37.5 Å². The molecule has 0 aliphatic heterocycles. The highest BCUT2D eigenvalue weighted by atomic mass is 15.3. The molecule has 0 atom stereocenters. The Labute approximate surface area is 118 Å². The second-order valence-electron chi connectivity index (χ2n) is 5.06. The van der Waals surface area contributed by atoms with E-state index in [1.54, 1.807) is 0 Å². The molecule has 0 aliphatic carbocycles. The molecule has 20 heavy (non-hydrogen) atoms. The molecule has 0 aliphatic rings. The molecule has 0 fully saturated rings. The summed E-state index contributed by atoms with van der Waals surface area (Å²) >= 11 is 0. The summed E-state index contributed by atoms with van der Waals surface area (Å²) in [5.41, 5.74) is 4.67. The number of hydrogen-bond donors (Lipinski definition) is 1. The summed E-state index contributed by atoms with van der Waals surface area (Å²) in [4.78, 5) is 4.50. The van der Waals surface area contributed by atoms with Crippen molar-refractivity contribution in [1.29, 1.82) is 0 Å². The van der Waals surface area contributed by atoms with Crippen LogP contribution in [-0.2, 0) is 6.42 Å². The summed E-state index contributed by atoms with van der Waals surface area (Å²) in [6, 6.07) is 12.6. The number of rotatable bonds is 4. The zero-order valence-corrected chi connectivity index (χ0v) is 11.8. The van der Waals surface area contributed by atoms with Crippen molar-refractivity contribution in [1.82, 2.24) is 14.6 Å². The molecule has 2 heterocycles. The number of anilines is 1. The monoisotopic (exact) mass is 266 g/mol. The van der Waals surface area contributed by atoms with Crippen LogP contribution in [0.15, 0.2) is 42.6 Å². The van der Waals surface area contributed by atoms with Gasteiger partial charge in [0.1, 0.15) is 0 Å². The summed E-state index contributed by atoms with van der Waals surface area (Å²) in [6.07, 6.45) is 2.89. The lowest BCUT2D eigenvalue weighted by molar-refractivity contribution is 0.934. The zero-order valence-electron chi connectivity index (χ0n) is 11.8. The van der Waals surface area contributed by atoms with E-state index >= 15 is 0 Å². The van der Waals surface area contributed by atoms with Crippen LogP contribution >= 0.6 is 0 Å². The van der Waals surface area contributed by atoms with E-state index in [0.717, 1.165) is 24.2 Å². The number of benzene rings is 1. The van der Waals surface area contributed by atoms with Gasteiger partial charge in [-0.1, -0.05) is 35.9 Å². The highest BCUT2D eigenvalue weighted by Crippen LogP contribution is 2.10. The number of nitrogens with one attached hydrogen (secondary N) is 1.